The van der Waals surface area contributed by atoms with E-state index in [1.807, 2.05) is 18.2 Å². The third-order valence-electron chi connectivity index (χ3n) is 2.44. The number of hydrogen-bond donors (Lipinski definition) is 1. The van der Waals surface area contributed by atoms with Crippen LogP contribution in [0.2, 0.25) is 0 Å². The van der Waals surface area contributed by atoms with E-state index in [9.17, 15) is 13.2 Å². The molecule has 2 rings (SSSR count). The molecule has 1 aromatic heterocycles. The fraction of sp³-hybridized carbons (Fsp3) is 0.333. The van der Waals surface area contributed by atoms with Crippen LogP contribution in [0.4, 0.5) is 18.3 Å². The molecular formula is C12H11BrF3N3OS2. The average Bonchev–Trinajstić information content (AvgIpc) is 2.90. The first kappa shape index (κ1) is 17.4. The first-order valence-electron chi connectivity index (χ1n) is 5.97. The van der Waals surface area contributed by atoms with E-state index in [-0.39, 0.29) is 5.13 Å². The number of nitrogens with zero attached hydrogens (tertiary/aromatic N) is 2. The second kappa shape index (κ2) is 7.51. The number of rotatable bonds is 6. The van der Waals surface area contributed by atoms with Gasteiger partial charge < -0.3 is 10.1 Å². The molecule has 0 atom stereocenters. The quantitative estimate of drug-likeness (QED) is 0.702. The molecule has 0 aliphatic rings. The summed E-state index contributed by atoms with van der Waals surface area (Å²) in [5.74, 6) is 1.33. The molecule has 10 heteroatoms. The lowest BCUT2D eigenvalue weighted by molar-refractivity contribution is -0.115. The smallest absolute Gasteiger partial charge is 0.405 e. The summed E-state index contributed by atoms with van der Waals surface area (Å²) in [4.78, 5) is 0. The lowest BCUT2D eigenvalue weighted by atomic mass is 10.2. The van der Waals surface area contributed by atoms with E-state index in [0.29, 0.717) is 10.1 Å². The highest BCUT2D eigenvalue weighted by molar-refractivity contribution is 9.10. The minimum atomic E-state index is -4.28. The second-order valence-electron chi connectivity index (χ2n) is 4.09. The molecule has 0 aliphatic carbocycles. The third-order valence-corrected chi connectivity index (χ3v) is 5.00. The third kappa shape index (κ3) is 5.33. The largest absolute Gasteiger partial charge is 0.496 e. The minimum Gasteiger partial charge on any atom is -0.496 e. The maximum absolute atomic E-state index is 12.1. The summed E-state index contributed by atoms with van der Waals surface area (Å²) in [6.07, 6.45) is -4.28. The Morgan fingerprint density at radius 3 is 2.82 bits per heavy atom. The van der Waals surface area contributed by atoms with Crippen molar-refractivity contribution < 1.29 is 17.9 Å². The molecule has 22 heavy (non-hydrogen) atoms. The number of halogens is 4. The Kier molecular flexibility index (Phi) is 5.93. The van der Waals surface area contributed by atoms with Crippen molar-refractivity contribution in [2.75, 3.05) is 19.0 Å². The molecule has 0 aliphatic heterocycles. The van der Waals surface area contributed by atoms with Crippen molar-refractivity contribution in [1.29, 1.82) is 0 Å². The van der Waals surface area contributed by atoms with Crippen LogP contribution >= 0.6 is 39.0 Å². The minimum absolute atomic E-state index is 0.154. The van der Waals surface area contributed by atoms with Gasteiger partial charge in [-0.2, -0.15) is 13.2 Å². The lowest BCUT2D eigenvalue weighted by Gasteiger charge is -2.07. The zero-order chi connectivity index (χ0) is 16.2. The molecule has 0 saturated heterocycles. The molecule has 0 fully saturated rings. The molecule has 0 saturated carbocycles. The zero-order valence-electron chi connectivity index (χ0n) is 11.3. The van der Waals surface area contributed by atoms with Crippen LogP contribution < -0.4 is 10.1 Å². The topological polar surface area (TPSA) is 47.0 Å². The van der Waals surface area contributed by atoms with Gasteiger partial charge in [-0.3, -0.25) is 0 Å². The fourth-order valence-electron chi connectivity index (χ4n) is 1.51. The van der Waals surface area contributed by atoms with Gasteiger partial charge in [0.15, 0.2) is 4.34 Å². The second-order valence-corrected chi connectivity index (χ2v) is 7.20. The van der Waals surface area contributed by atoms with Crippen molar-refractivity contribution >= 4 is 44.2 Å². The molecule has 0 spiro atoms. The highest BCUT2D eigenvalue weighted by Crippen LogP contribution is 2.32. The number of ether oxygens (including phenoxy) is 1. The van der Waals surface area contributed by atoms with Gasteiger partial charge in [-0.25, -0.2) is 0 Å². The van der Waals surface area contributed by atoms with Crippen LogP contribution in [0, 0.1) is 0 Å². The van der Waals surface area contributed by atoms with Crippen LogP contribution in [0.15, 0.2) is 27.0 Å². The maximum Gasteiger partial charge on any atom is 0.405 e. The van der Waals surface area contributed by atoms with Gasteiger partial charge in [0.05, 0.1) is 7.11 Å². The van der Waals surface area contributed by atoms with Gasteiger partial charge >= 0.3 is 6.18 Å². The van der Waals surface area contributed by atoms with E-state index in [0.717, 1.165) is 27.1 Å². The van der Waals surface area contributed by atoms with E-state index in [1.165, 1.54) is 11.8 Å². The monoisotopic (exact) mass is 413 g/mol. The number of nitrogens with one attached hydrogen (secondary N) is 1. The number of anilines is 1. The summed E-state index contributed by atoms with van der Waals surface area (Å²) < 4.78 is 43.1. The van der Waals surface area contributed by atoms with Crippen molar-refractivity contribution in [1.82, 2.24) is 10.2 Å². The highest BCUT2D eigenvalue weighted by atomic mass is 79.9. The van der Waals surface area contributed by atoms with E-state index in [2.05, 4.69) is 31.4 Å². The Labute approximate surface area is 141 Å². The number of alkyl halides is 3. The highest BCUT2D eigenvalue weighted by Gasteiger charge is 2.27. The van der Waals surface area contributed by atoms with Gasteiger partial charge in [0.25, 0.3) is 0 Å². The molecule has 1 N–H and O–H groups in total. The van der Waals surface area contributed by atoms with Gasteiger partial charge in [-0.05, 0) is 18.2 Å². The van der Waals surface area contributed by atoms with Crippen LogP contribution in [0.25, 0.3) is 0 Å². The Bertz CT molecular complexity index is 636. The van der Waals surface area contributed by atoms with E-state index in [1.54, 1.807) is 7.11 Å². The molecule has 1 aromatic carbocycles. The summed E-state index contributed by atoms with van der Waals surface area (Å²) in [7, 11) is 1.58. The van der Waals surface area contributed by atoms with Gasteiger partial charge in [-0.15, -0.1) is 10.2 Å². The molecule has 0 radical (unpaired) electrons. The predicted octanol–water partition coefficient (Wildman–Crippen LogP) is 4.58. The number of aromatic nitrogens is 2. The molecular weight excluding hydrogens is 403 g/mol. The summed E-state index contributed by atoms with van der Waals surface area (Å²) in [6.45, 7) is -1.12. The maximum atomic E-state index is 12.1. The van der Waals surface area contributed by atoms with Gasteiger partial charge in [-0.1, -0.05) is 39.0 Å². The zero-order valence-corrected chi connectivity index (χ0v) is 14.5. The van der Waals surface area contributed by atoms with Crippen molar-refractivity contribution in [3.05, 3.63) is 28.2 Å². The Morgan fingerprint density at radius 1 is 1.36 bits per heavy atom. The predicted molar refractivity (Wildman–Crippen MR) is 84.7 cm³/mol. The first-order chi connectivity index (χ1) is 10.4. The average molecular weight is 414 g/mol. The van der Waals surface area contributed by atoms with Crippen LogP contribution in [-0.4, -0.2) is 30.0 Å². The fourth-order valence-corrected chi connectivity index (χ4v) is 3.65. The van der Waals surface area contributed by atoms with Crippen molar-refractivity contribution in [2.24, 2.45) is 0 Å². The Balaban J connectivity index is 1.95. The molecule has 4 nitrogen and oxygen atoms in total. The molecule has 2 aromatic rings. The standard InChI is InChI=1S/C12H11BrF3N3OS2/c1-20-9-3-2-8(13)4-7(9)5-21-11-19-18-10(22-11)17-6-12(14,15)16/h2-4H,5-6H2,1H3,(H,17,18). The molecule has 0 amide bonds. The normalized spacial score (nSPS) is 11.5. The Morgan fingerprint density at radius 2 is 2.14 bits per heavy atom. The summed E-state index contributed by atoms with van der Waals surface area (Å²) in [5.41, 5.74) is 0.960. The molecule has 0 bridgehead atoms. The number of thioether (sulfide) groups is 1. The van der Waals surface area contributed by atoms with Gasteiger partial charge in [0.1, 0.15) is 12.3 Å². The SMILES string of the molecule is COc1ccc(Br)cc1CSc1nnc(NCC(F)(F)F)s1. The summed E-state index contributed by atoms with van der Waals surface area (Å²) >= 11 is 5.86. The van der Waals surface area contributed by atoms with Crippen molar-refractivity contribution in [3.8, 4) is 5.75 Å². The first-order valence-corrected chi connectivity index (χ1v) is 8.56. The van der Waals surface area contributed by atoms with Crippen LogP contribution in [0.3, 0.4) is 0 Å². The van der Waals surface area contributed by atoms with Crippen LogP contribution in [-0.2, 0) is 5.75 Å². The molecule has 1 heterocycles. The lowest BCUT2D eigenvalue weighted by Crippen LogP contribution is -2.21. The number of hydrogen-bond acceptors (Lipinski definition) is 6. The van der Waals surface area contributed by atoms with Crippen LogP contribution in [0.5, 0.6) is 5.75 Å². The number of benzene rings is 1. The van der Waals surface area contributed by atoms with E-state index >= 15 is 0 Å². The molecule has 120 valence electrons. The van der Waals surface area contributed by atoms with Crippen LogP contribution in [0.1, 0.15) is 5.56 Å². The summed E-state index contributed by atoms with van der Waals surface area (Å²) in [5, 5.41) is 9.91. The van der Waals surface area contributed by atoms with Crippen molar-refractivity contribution in [2.45, 2.75) is 16.3 Å². The van der Waals surface area contributed by atoms with Gasteiger partial charge in [0, 0.05) is 15.8 Å². The van der Waals surface area contributed by atoms with E-state index in [4.69, 9.17) is 4.74 Å². The van der Waals surface area contributed by atoms with Crippen molar-refractivity contribution in [3.63, 3.8) is 0 Å². The van der Waals surface area contributed by atoms with E-state index < -0.39 is 12.7 Å². The molecule has 0 unspecified atom stereocenters. The summed E-state index contributed by atoms with van der Waals surface area (Å²) in [6, 6.07) is 5.64. The van der Waals surface area contributed by atoms with Gasteiger partial charge in [0.2, 0.25) is 5.13 Å². The Hall–Kier alpha value is -1.00. The number of methoxy groups -OCH3 is 1.